The average Bonchev–Trinajstić information content (AvgIpc) is 2.56. The Balaban J connectivity index is -0.000000264. The topological polar surface area (TPSA) is 43.4 Å². The quantitative estimate of drug-likeness (QED) is 0.0726. The Hall–Kier alpha value is 2.80. The van der Waals surface area contributed by atoms with Crippen LogP contribution in [0.1, 0.15) is 113 Å². The molecule has 154 valence electrons. The molecule has 0 radical (unpaired) electrons. The number of hydrogen-bond acceptors (Lipinski definition) is 3. The molecule has 1 atom stereocenters. The number of ether oxygens (including phenoxy) is 1. The Kier molecular flexibility index (Phi) is 39.6. The summed E-state index contributed by atoms with van der Waals surface area (Å²) in [5.74, 6) is -0.699. The molecule has 0 aromatic rings. The molecule has 27 heavy (non-hydrogen) atoms. The molecular formula is C20H40ClIKNaO3. The van der Waals surface area contributed by atoms with Crippen molar-refractivity contribution in [3.05, 3.63) is 0 Å². The predicted molar refractivity (Wildman–Crippen MR) is 119 cm³/mol. The summed E-state index contributed by atoms with van der Waals surface area (Å²) in [7, 11) is 0. The van der Waals surface area contributed by atoms with Crippen LogP contribution in [0, 0.1) is 0 Å². The molecule has 0 aliphatic heterocycles. The Morgan fingerprint density at radius 3 is 1.70 bits per heavy atom. The zero-order valence-corrected chi connectivity index (χ0v) is 26.3. The van der Waals surface area contributed by atoms with E-state index >= 15 is 0 Å². The number of alkyl halides is 1. The van der Waals surface area contributed by atoms with Crippen LogP contribution in [0.3, 0.4) is 0 Å². The van der Waals surface area contributed by atoms with E-state index in [0.717, 1.165) is 25.7 Å². The van der Waals surface area contributed by atoms with Crippen LogP contribution in [-0.4, -0.2) is 15.9 Å². The summed E-state index contributed by atoms with van der Waals surface area (Å²) in [4.78, 5) is 23.6. The molecule has 0 aromatic heterocycles. The molecule has 0 spiro atoms. The van der Waals surface area contributed by atoms with Crippen LogP contribution in [-0.2, 0) is 14.3 Å². The standard InChI is InChI=1S/C20H37IO3.ClH.K.Na.2H/c1-3-5-7-9-11-13-15-17-19(22)24-20(23)18(21)16-14-12-10-8-6-4-2;;;;;/h18H,3-17H2,1-2H3;1H;;;;/q;;2*+1;2*-1. The summed E-state index contributed by atoms with van der Waals surface area (Å²) in [6.45, 7) is 4.42. The van der Waals surface area contributed by atoms with Crippen molar-refractivity contribution in [2.45, 2.75) is 114 Å². The maximum absolute atomic E-state index is 11.9. The Morgan fingerprint density at radius 2 is 1.22 bits per heavy atom. The van der Waals surface area contributed by atoms with Crippen LogP contribution in [0.25, 0.3) is 0 Å². The second-order valence-corrected chi connectivity index (χ2v) is 8.19. The Labute approximate surface area is 255 Å². The Bertz CT molecular complexity index is 347. The van der Waals surface area contributed by atoms with E-state index in [2.05, 4.69) is 36.4 Å². The van der Waals surface area contributed by atoms with Gasteiger partial charge in [0.05, 0.1) is 0 Å². The van der Waals surface area contributed by atoms with Crippen LogP contribution >= 0.6 is 35.0 Å². The van der Waals surface area contributed by atoms with Crippen molar-refractivity contribution in [1.82, 2.24) is 0 Å². The molecule has 0 N–H and O–H groups in total. The number of hydrogen-bond donors (Lipinski definition) is 0. The summed E-state index contributed by atoms with van der Waals surface area (Å²) in [6.07, 6.45) is 16.6. The first-order valence-electron chi connectivity index (χ1n) is 10.00. The van der Waals surface area contributed by atoms with Gasteiger partial charge in [-0.3, -0.25) is 9.59 Å². The summed E-state index contributed by atoms with van der Waals surface area (Å²) < 4.78 is 4.78. The Morgan fingerprint density at radius 1 is 0.815 bits per heavy atom. The number of carbonyl (C=O) groups is 2. The van der Waals surface area contributed by atoms with Crippen molar-refractivity contribution >= 4 is 46.9 Å². The zero-order valence-electron chi connectivity index (χ0n) is 20.2. The van der Waals surface area contributed by atoms with Gasteiger partial charge in [-0.05, 0) is 12.8 Å². The van der Waals surface area contributed by atoms with Crippen LogP contribution in [0.5, 0.6) is 0 Å². The van der Waals surface area contributed by atoms with E-state index in [1.54, 1.807) is 0 Å². The van der Waals surface area contributed by atoms with Crippen molar-refractivity contribution in [3.8, 4) is 0 Å². The molecule has 0 aliphatic rings. The number of halogens is 2. The predicted octanol–water partition coefficient (Wildman–Crippen LogP) is 1.41. The van der Waals surface area contributed by atoms with Crippen molar-refractivity contribution in [2.24, 2.45) is 0 Å². The van der Waals surface area contributed by atoms with Gasteiger partial charge in [-0.25, -0.2) is 0 Å². The average molecular weight is 553 g/mol. The third-order valence-corrected chi connectivity index (χ3v) is 5.40. The SMILES string of the molecule is CCCCCCCCCC(=O)OC(=O)C(I)CCCCCCCC.Cl.[H-].[H-].[K+].[Na+]. The molecule has 0 saturated heterocycles. The van der Waals surface area contributed by atoms with Gasteiger partial charge in [-0.1, -0.05) is 113 Å². The molecule has 0 aliphatic carbocycles. The molecule has 0 aromatic carbocycles. The van der Waals surface area contributed by atoms with E-state index in [-0.39, 0.29) is 112 Å². The van der Waals surface area contributed by atoms with E-state index in [1.165, 1.54) is 64.2 Å². The number of carbonyl (C=O) groups excluding carboxylic acids is 2. The largest absolute Gasteiger partial charge is 1.00 e. The first-order chi connectivity index (χ1) is 11.6. The third-order valence-electron chi connectivity index (χ3n) is 4.27. The molecule has 0 heterocycles. The number of rotatable bonds is 16. The van der Waals surface area contributed by atoms with Crippen LogP contribution < -0.4 is 80.9 Å². The van der Waals surface area contributed by atoms with Gasteiger partial charge >= 0.3 is 92.9 Å². The minimum absolute atomic E-state index is 0. The molecular weight excluding hydrogens is 513 g/mol. The second kappa shape index (κ2) is 28.8. The van der Waals surface area contributed by atoms with Crippen molar-refractivity contribution in [2.75, 3.05) is 0 Å². The molecule has 0 amide bonds. The van der Waals surface area contributed by atoms with E-state index < -0.39 is 0 Å². The van der Waals surface area contributed by atoms with Crippen molar-refractivity contribution < 1.29 is 98.1 Å². The monoisotopic (exact) mass is 552 g/mol. The maximum atomic E-state index is 11.9. The van der Waals surface area contributed by atoms with Crippen LogP contribution in [0.2, 0.25) is 0 Å². The normalized spacial score (nSPS) is 10.8. The first kappa shape index (κ1) is 37.1. The van der Waals surface area contributed by atoms with Gasteiger partial charge in [0.2, 0.25) is 0 Å². The summed E-state index contributed by atoms with van der Waals surface area (Å²) in [5, 5.41) is 0. The molecule has 0 rings (SSSR count). The smallest absolute Gasteiger partial charge is 1.00 e. The summed E-state index contributed by atoms with van der Waals surface area (Å²) in [5.41, 5.74) is 0. The van der Waals surface area contributed by atoms with Gasteiger partial charge in [0.25, 0.3) is 0 Å². The fraction of sp³-hybridized carbons (Fsp3) is 0.900. The van der Waals surface area contributed by atoms with Crippen molar-refractivity contribution in [3.63, 3.8) is 0 Å². The fourth-order valence-electron chi connectivity index (χ4n) is 2.68. The van der Waals surface area contributed by atoms with E-state index in [9.17, 15) is 9.59 Å². The van der Waals surface area contributed by atoms with Crippen LogP contribution in [0.15, 0.2) is 0 Å². The molecule has 7 heteroatoms. The van der Waals surface area contributed by atoms with Gasteiger partial charge < -0.3 is 7.59 Å². The van der Waals surface area contributed by atoms with Gasteiger partial charge in [0.1, 0.15) is 3.92 Å². The van der Waals surface area contributed by atoms with E-state index in [0.29, 0.717) is 6.42 Å². The van der Waals surface area contributed by atoms with Gasteiger partial charge in [0.15, 0.2) is 0 Å². The molecule has 1 unspecified atom stereocenters. The minimum atomic E-state index is -0.350. The first-order valence-corrected chi connectivity index (χ1v) is 11.2. The maximum Gasteiger partial charge on any atom is 1.00 e. The number of unbranched alkanes of at least 4 members (excludes halogenated alkanes) is 11. The minimum Gasteiger partial charge on any atom is -1.00 e. The van der Waals surface area contributed by atoms with E-state index in [4.69, 9.17) is 4.74 Å². The summed E-state index contributed by atoms with van der Waals surface area (Å²) >= 11 is 2.11. The second-order valence-electron chi connectivity index (χ2n) is 6.69. The zero-order chi connectivity index (χ0) is 18.0. The van der Waals surface area contributed by atoms with E-state index in [1.807, 2.05) is 0 Å². The number of esters is 2. The van der Waals surface area contributed by atoms with Gasteiger partial charge in [-0.15, -0.1) is 12.4 Å². The third kappa shape index (κ3) is 26.8. The molecule has 0 fully saturated rings. The summed E-state index contributed by atoms with van der Waals surface area (Å²) in [6, 6.07) is 0. The van der Waals surface area contributed by atoms with Gasteiger partial charge in [-0.2, -0.15) is 0 Å². The van der Waals surface area contributed by atoms with Crippen molar-refractivity contribution in [1.29, 1.82) is 0 Å². The fourth-order valence-corrected chi connectivity index (χ4v) is 3.24. The molecule has 0 bridgehead atoms. The molecule has 0 saturated carbocycles. The molecule has 3 nitrogen and oxygen atoms in total. The van der Waals surface area contributed by atoms with Gasteiger partial charge in [0, 0.05) is 6.42 Å². The van der Waals surface area contributed by atoms with Crippen LogP contribution in [0.4, 0.5) is 0 Å².